The van der Waals surface area contributed by atoms with E-state index in [4.69, 9.17) is 21.1 Å². The van der Waals surface area contributed by atoms with E-state index in [-0.39, 0.29) is 12.2 Å². The van der Waals surface area contributed by atoms with Gasteiger partial charge >= 0.3 is 5.97 Å². The topological polar surface area (TPSA) is 55.8 Å². The van der Waals surface area contributed by atoms with Gasteiger partial charge in [0.2, 0.25) is 5.79 Å². The van der Waals surface area contributed by atoms with Gasteiger partial charge < -0.3 is 14.6 Å². The molecular formula is C18H16BrClO4. The highest BCUT2D eigenvalue weighted by Crippen LogP contribution is 2.42. The largest absolute Gasteiger partial charge is 0.478 e. The Kier molecular flexibility index (Phi) is 4.97. The lowest BCUT2D eigenvalue weighted by Crippen LogP contribution is -2.29. The molecule has 1 heterocycles. The molecule has 1 N–H and O–H groups in total. The quantitative estimate of drug-likeness (QED) is 0.742. The summed E-state index contributed by atoms with van der Waals surface area (Å²) in [6.45, 7) is 2.19. The van der Waals surface area contributed by atoms with Gasteiger partial charge in [-0.2, -0.15) is 0 Å². The van der Waals surface area contributed by atoms with Crippen molar-refractivity contribution in [2.75, 3.05) is 11.9 Å². The van der Waals surface area contributed by atoms with E-state index < -0.39 is 17.9 Å². The predicted molar refractivity (Wildman–Crippen MR) is 94.8 cm³/mol. The molecule has 3 rings (SSSR count). The summed E-state index contributed by atoms with van der Waals surface area (Å²) in [7, 11) is 0. The number of carboxylic acid groups (broad SMARTS) is 1. The first-order chi connectivity index (χ1) is 11.4. The number of halogens is 2. The van der Waals surface area contributed by atoms with Gasteiger partial charge in [-0.05, 0) is 30.7 Å². The first-order valence-electron chi connectivity index (χ1n) is 7.43. The predicted octanol–water partition coefficient (Wildman–Crippen LogP) is 4.68. The Morgan fingerprint density at radius 2 is 2.04 bits per heavy atom. The number of benzene rings is 2. The van der Waals surface area contributed by atoms with Gasteiger partial charge in [-0.1, -0.05) is 57.4 Å². The van der Waals surface area contributed by atoms with Gasteiger partial charge in [0.05, 0.1) is 17.5 Å². The molecule has 126 valence electrons. The summed E-state index contributed by atoms with van der Waals surface area (Å²) in [4.78, 5) is 11.5. The van der Waals surface area contributed by atoms with Crippen LogP contribution in [0.25, 0.3) is 0 Å². The second kappa shape index (κ2) is 6.84. The van der Waals surface area contributed by atoms with Crippen LogP contribution in [0.2, 0.25) is 5.02 Å². The Morgan fingerprint density at radius 1 is 1.33 bits per heavy atom. The Morgan fingerprint density at radius 3 is 2.67 bits per heavy atom. The van der Waals surface area contributed by atoms with Crippen molar-refractivity contribution in [2.45, 2.75) is 18.8 Å². The fraction of sp³-hybridized carbons (Fsp3) is 0.278. The Balaban J connectivity index is 1.96. The van der Waals surface area contributed by atoms with Crippen LogP contribution in [0.1, 0.15) is 33.2 Å². The molecule has 1 saturated heterocycles. The summed E-state index contributed by atoms with van der Waals surface area (Å²) in [5, 5.41) is 10.5. The molecule has 1 aliphatic heterocycles. The van der Waals surface area contributed by atoms with Crippen LogP contribution in [0.15, 0.2) is 42.5 Å². The molecule has 0 bridgehead atoms. The van der Waals surface area contributed by atoms with E-state index in [2.05, 4.69) is 15.9 Å². The first-order valence-corrected chi connectivity index (χ1v) is 8.93. The number of carbonyl (C=O) groups is 1. The second-order valence-corrected chi connectivity index (χ2v) is 6.70. The zero-order valence-electron chi connectivity index (χ0n) is 13.0. The van der Waals surface area contributed by atoms with Gasteiger partial charge in [-0.3, -0.25) is 0 Å². The van der Waals surface area contributed by atoms with Crippen molar-refractivity contribution in [3.8, 4) is 0 Å². The summed E-state index contributed by atoms with van der Waals surface area (Å²) in [6, 6.07) is 12.5. The van der Waals surface area contributed by atoms with Crippen LogP contribution in [0.4, 0.5) is 0 Å². The molecule has 0 unspecified atom stereocenters. The minimum Gasteiger partial charge on any atom is -0.478 e. The highest BCUT2D eigenvalue weighted by molar-refractivity contribution is 9.09. The molecule has 4 nitrogen and oxygen atoms in total. The molecule has 1 fully saturated rings. The number of hydrogen-bond acceptors (Lipinski definition) is 3. The number of rotatable bonds is 4. The van der Waals surface area contributed by atoms with Gasteiger partial charge in [0.25, 0.3) is 0 Å². The zero-order valence-corrected chi connectivity index (χ0v) is 15.3. The highest BCUT2D eigenvalue weighted by Gasteiger charge is 2.43. The number of alkyl halides is 1. The lowest BCUT2D eigenvalue weighted by atomic mass is 10.00. The minimum absolute atomic E-state index is 0.232. The lowest BCUT2D eigenvalue weighted by molar-refractivity contribution is -0.157. The van der Waals surface area contributed by atoms with Crippen LogP contribution in [-0.2, 0) is 15.3 Å². The molecule has 0 aliphatic carbocycles. The van der Waals surface area contributed by atoms with Crippen LogP contribution < -0.4 is 0 Å². The molecule has 0 aromatic heterocycles. The van der Waals surface area contributed by atoms with Gasteiger partial charge in [0.15, 0.2) is 0 Å². The maximum absolute atomic E-state index is 11.5. The Bertz CT molecular complexity index is 762. The number of carboxylic acids is 1. The van der Waals surface area contributed by atoms with Crippen molar-refractivity contribution in [3.05, 3.63) is 69.7 Å². The zero-order chi connectivity index (χ0) is 17.3. The van der Waals surface area contributed by atoms with E-state index in [1.54, 1.807) is 24.3 Å². The van der Waals surface area contributed by atoms with Crippen molar-refractivity contribution in [1.82, 2.24) is 0 Å². The van der Waals surface area contributed by atoms with E-state index in [0.29, 0.717) is 15.9 Å². The van der Waals surface area contributed by atoms with Gasteiger partial charge in [-0.15, -0.1) is 0 Å². The summed E-state index contributed by atoms with van der Waals surface area (Å²) in [6.07, 6.45) is -0.454. The summed E-state index contributed by atoms with van der Waals surface area (Å²) in [5.74, 6) is -1.94. The van der Waals surface area contributed by atoms with Gasteiger partial charge in [0, 0.05) is 10.6 Å². The van der Waals surface area contributed by atoms with Crippen molar-refractivity contribution in [1.29, 1.82) is 0 Å². The third-order valence-electron chi connectivity index (χ3n) is 4.04. The maximum Gasteiger partial charge on any atom is 0.336 e. The lowest BCUT2D eigenvalue weighted by Gasteiger charge is -2.26. The van der Waals surface area contributed by atoms with Crippen LogP contribution in [0.3, 0.4) is 0 Å². The smallest absolute Gasteiger partial charge is 0.336 e. The van der Waals surface area contributed by atoms with Crippen LogP contribution in [0, 0.1) is 6.92 Å². The van der Waals surface area contributed by atoms with Gasteiger partial charge in [-0.25, -0.2) is 4.79 Å². The maximum atomic E-state index is 11.5. The van der Waals surface area contributed by atoms with Gasteiger partial charge in [0.1, 0.15) is 6.10 Å². The van der Waals surface area contributed by atoms with Crippen LogP contribution in [-0.4, -0.2) is 23.0 Å². The highest BCUT2D eigenvalue weighted by atomic mass is 79.9. The molecule has 0 spiro atoms. The molecule has 0 radical (unpaired) electrons. The second-order valence-electron chi connectivity index (χ2n) is 5.71. The number of ether oxygens (including phenoxy) is 2. The molecule has 2 atom stereocenters. The average molecular weight is 412 g/mol. The SMILES string of the molecule is Cc1ccc(C(=O)O)c([C@H]2CO[C@@](CBr)(c3ccc(Cl)cc3)O2)c1. The van der Waals surface area contributed by atoms with E-state index in [9.17, 15) is 9.90 Å². The normalized spacial score (nSPS) is 23.4. The molecule has 0 saturated carbocycles. The van der Waals surface area contributed by atoms with Crippen molar-refractivity contribution < 1.29 is 19.4 Å². The first kappa shape index (κ1) is 17.4. The molecule has 24 heavy (non-hydrogen) atoms. The summed E-state index contributed by atoms with van der Waals surface area (Å²) in [5.41, 5.74) is 2.66. The third kappa shape index (κ3) is 3.22. The fourth-order valence-electron chi connectivity index (χ4n) is 2.81. The van der Waals surface area contributed by atoms with Crippen molar-refractivity contribution in [3.63, 3.8) is 0 Å². The third-order valence-corrected chi connectivity index (χ3v) is 5.04. The standard InChI is InChI=1S/C18H16BrClO4/c1-11-2-7-14(17(21)22)15(8-11)16-9-23-18(10-19,24-16)12-3-5-13(20)6-4-12/h2-8,16H,9-10H2,1H3,(H,21,22)/t16-,18-/m1/s1. The number of aryl methyl sites for hydroxylation is 1. The number of hydrogen-bond donors (Lipinski definition) is 1. The Labute approximate surface area is 153 Å². The Hall–Kier alpha value is -1.40. The molecule has 2 aromatic carbocycles. The van der Waals surface area contributed by atoms with E-state index in [1.807, 2.05) is 25.1 Å². The fourth-order valence-corrected chi connectivity index (χ4v) is 3.55. The molecule has 6 heteroatoms. The van der Waals surface area contributed by atoms with E-state index in [0.717, 1.165) is 11.1 Å². The molecule has 0 amide bonds. The van der Waals surface area contributed by atoms with E-state index in [1.165, 1.54) is 0 Å². The van der Waals surface area contributed by atoms with Crippen LogP contribution >= 0.6 is 27.5 Å². The monoisotopic (exact) mass is 410 g/mol. The average Bonchev–Trinajstić information content (AvgIpc) is 3.01. The van der Waals surface area contributed by atoms with Crippen molar-refractivity contribution in [2.24, 2.45) is 0 Å². The van der Waals surface area contributed by atoms with E-state index >= 15 is 0 Å². The van der Waals surface area contributed by atoms with Crippen molar-refractivity contribution >= 4 is 33.5 Å². The summed E-state index contributed by atoms with van der Waals surface area (Å²) < 4.78 is 12.1. The minimum atomic E-state index is -0.976. The van der Waals surface area contributed by atoms with Crippen LogP contribution in [0.5, 0.6) is 0 Å². The molecule has 1 aliphatic rings. The molecule has 2 aromatic rings. The number of aromatic carboxylic acids is 1. The molecular weight excluding hydrogens is 396 g/mol. The summed E-state index contributed by atoms with van der Waals surface area (Å²) >= 11 is 9.40.